The van der Waals surface area contributed by atoms with Gasteiger partial charge in [0.25, 0.3) is 0 Å². The highest BCUT2D eigenvalue weighted by Gasteiger charge is 1.98. The number of rotatable bonds is 7. The fraction of sp³-hybridized carbons (Fsp3) is 0.438. The Morgan fingerprint density at radius 1 is 1.17 bits per heavy atom. The molecule has 0 bridgehead atoms. The first-order valence-corrected chi connectivity index (χ1v) is 6.55. The van der Waals surface area contributed by atoms with E-state index in [1.165, 1.54) is 12.8 Å². The lowest BCUT2D eigenvalue weighted by Crippen LogP contribution is -1.96. The molecule has 0 aromatic heterocycles. The third-order valence-electron chi connectivity index (χ3n) is 2.84. The van der Waals surface area contributed by atoms with Gasteiger partial charge in [0, 0.05) is 0 Å². The van der Waals surface area contributed by atoms with Crippen molar-refractivity contribution < 1.29 is 9.53 Å². The van der Waals surface area contributed by atoms with E-state index in [4.69, 9.17) is 4.74 Å². The number of hydrogen-bond donors (Lipinski definition) is 0. The Hall–Kier alpha value is -1.57. The third-order valence-corrected chi connectivity index (χ3v) is 2.84. The van der Waals surface area contributed by atoms with Gasteiger partial charge in [-0.15, -0.1) is 0 Å². The number of ketones is 1. The van der Waals surface area contributed by atoms with E-state index in [0.29, 0.717) is 0 Å². The minimum Gasteiger partial charge on any atom is -0.494 e. The van der Waals surface area contributed by atoms with E-state index in [2.05, 4.69) is 6.92 Å². The molecule has 0 aliphatic heterocycles. The second-order valence-electron chi connectivity index (χ2n) is 4.51. The Labute approximate surface area is 110 Å². The van der Waals surface area contributed by atoms with Gasteiger partial charge < -0.3 is 4.74 Å². The van der Waals surface area contributed by atoms with Crippen molar-refractivity contribution in [2.24, 2.45) is 0 Å². The third kappa shape index (κ3) is 5.17. The Morgan fingerprint density at radius 3 is 2.39 bits per heavy atom. The van der Waals surface area contributed by atoms with Crippen LogP contribution < -0.4 is 4.74 Å². The topological polar surface area (TPSA) is 26.3 Å². The summed E-state index contributed by atoms with van der Waals surface area (Å²) in [4.78, 5) is 11.1. The highest BCUT2D eigenvalue weighted by molar-refractivity contribution is 5.97. The molecule has 2 heteroatoms. The zero-order valence-corrected chi connectivity index (χ0v) is 11.5. The first kappa shape index (κ1) is 14.5. The van der Waals surface area contributed by atoms with E-state index in [-0.39, 0.29) is 5.78 Å². The summed E-state index contributed by atoms with van der Waals surface area (Å²) in [6.45, 7) is 6.36. The monoisotopic (exact) mass is 246 g/mol. The molecule has 0 aliphatic carbocycles. The lowest BCUT2D eigenvalue weighted by Gasteiger charge is -2.05. The normalized spacial score (nSPS) is 11.4. The maximum Gasteiger partial charge on any atom is 0.155 e. The molecule has 1 rings (SSSR count). The summed E-state index contributed by atoms with van der Waals surface area (Å²) in [6.07, 6.45) is 5.40. The molecule has 0 saturated carbocycles. The fourth-order valence-corrected chi connectivity index (χ4v) is 1.55. The van der Waals surface area contributed by atoms with Gasteiger partial charge in [0.15, 0.2) is 5.78 Å². The molecule has 0 unspecified atom stereocenters. The highest BCUT2D eigenvalue weighted by Crippen LogP contribution is 2.15. The molecular formula is C16H22O2. The molecule has 0 atom stereocenters. The van der Waals surface area contributed by atoms with Crippen molar-refractivity contribution in [3.05, 3.63) is 35.4 Å². The van der Waals surface area contributed by atoms with Crippen LogP contribution in [0.15, 0.2) is 29.8 Å². The Balaban J connectivity index is 2.52. The predicted octanol–water partition coefficient (Wildman–Crippen LogP) is 4.25. The van der Waals surface area contributed by atoms with Crippen LogP contribution in [0.4, 0.5) is 0 Å². The van der Waals surface area contributed by atoms with Gasteiger partial charge >= 0.3 is 0 Å². The van der Waals surface area contributed by atoms with Gasteiger partial charge in [-0.3, -0.25) is 4.79 Å². The molecule has 1 aromatic rings. The Morgan fingerprint density at radius 2 is 1.83 bits per heavy atom. The van der Waals surface area contributed by atoms with Crippen LogP contribution in [-0.2, 0) is 4.79 Å². The molecule has 2 nitrogen and oxygen atoms in total. The van der Waals surface area contributed by atoms with Crippen molar-refractivity contribution in [3.63, 3.8) is 0 Å². The minimum atomic E-state index is 0.106. The van der Waals surface area contributed by atoms with Crippen LogP contribution in [0, 0.1) is 0 Å². The number of hydrogen-bond acceptors (Lipinski definition) is 2. The van der Waals surface area contributed by atoms with E-state index < -0.39 is 0 Å². The molecule has 0 heterocycles. The molecule has 0 amide bonds. The van der Waals surface area contributed by atoms with Crippen LogP contribution in [0.25, 0.3) is 6.08 Å². The molecular weight excluding hydrogens is 224 g/mol. The zero-order valence-electron chi connectivity index (χ0n) is 11.5. The largest absolute Gasteiger partial charge is 0.494 e. The average molecular weight is 246 g/mol. The van der Waals surface area contributed by atoms with Crippen LogP contribution in [0.2, 0.25) is 0 Å². The summed E-state index contributed by atoms with van der Waals surface area (Å²) in [5.41, 5.74) is 1.80. The summed E-state index contributed by atoms with van der Waals surface area (Å²) < 4.78 is 5.63. The van der Waals surface area contributed by atoms with Crippen molar-refractivity contribution in [1.29, 1.82) is 0 Å². The lowest BCUT2D eigenvalue weighted by molar-refractivity contribution is -0.113. The quantitative estimate of drug-likeness (QED) is 0.531. The summed E-state index contributed by atoms with van der Waals surface area (Å²) in [7, 11) is 0. The summed E-state index contributed by atoms with van der Waals surface area (Å²) in [6, 6.07) is 7.85. The SMILES string of the molecule is CCCCCOc1ccc(/C=C(/C)C(C)=O)cc1. The standard InChI is InChI=1S/C16H22O2/c1-4-5-6-11-18-16-9-7-15(8-10-16)12-13(2)14(3)17/h7-10,12H,4-6,11H2,1-3H3/b13-12-. The molecule has 0 saturated heterocycles. The Bertz CT molecular complexity index is 402. The summed E-state index contributed by atoms with van der Waals surface area (Å²) in [5, 5.41) is 0. The van der Waals surface area contributed by atoms with Crippen molar-refractivity contribution in [2.45, 2.75) is 40.0 Å². The number of carbonyl (C=O) groups excluding carboxylic acids is 1. The van der Waals surface area contributed by atoms with Crippen LogP contribution in [-0.4, -0.2) is 12.4 Å². The second kappa shape index (κ2) is 7.70. The van der Waals surface area contributed by atoms with E-state index in [9.17, 15) is 4.79 Å². The van der Waals surface area contributed by atoms with Gasteiger partial charge in [-0.1, -0.05) is 31.9 Å². The molecule has 0 fully saturated rings. The maximum absolute atomic E-state index is 11.1. The lowest BCUT2D eigenvalue weighted by atomic mass is 10.1. The van der Waals surface area contributed by atoms with Crippen LogP contribution in [0.3, 0.4) is 0 Å². The number of benzene rings is 1. The van der Waals surface area contributed by atoms with E-state index in [1.807, 2.05) is 37.3 Å². The molecule has 18 heavy (non-hydrogen) atoms. The van der Waals surface area contributed by atoms with Gasteiger partial charge in [0.2, 0.25) is 0 Å². The van der Waals surface area contributed by atoms with E-state index in [0.717, 1.165) is 29.9 Å². The first-order chi connectivity index (χ1) is 8.63. The minimum absolute atomic E-state index is 0.106. The predicted molar refractivity (Wildman–Crippen MR) is 75.8 cm³/mol. The van der Waals surface area contributed by atoms with Gasteiger partial charge in [0.05, 0.1) is 6.61 Å². The van der Waals surface area contributed by atoms with Crippen molar-refractivity contribution in [3.8, 4) is 5.75 Å². The molecule has 0 radical (unpaired) electrons. The number of unbranched alkanes of at least 4 members (excludes halogenated alkanes) is 2. The number of Topliss-reactive ketones (excluding diaryl/α,β-unsaturated/α-hetero) is 1. The summed E-state index contributed by atoms with van der Waals surface area (Å²) in [5.74, 6) is 0.999. The van der Waals surface area contributed by atoms with Crippen LogP contribution in [0.5, 0.6) is 5.75 Å². The smallest absolute Gasteiger partial charge is 0.155 e. The summed E-state index contributed by atoms with van der Waals surface area (Å²) >= 11 is 0. The highest BCUT2D eigenvalue weighted by atomic mass is 16.5. The maximum atomic E-state index is 11.1. The van der Waals surface area contributed by atoms with Crippen LogP contribution >= 0.6 is 0 Å². The number of allylic oxidation sites excluding steroid dienone is 1. The van der Waals surface area contributed by atoms with Gasteiger partial charge in [-0.05, 0) is 49.6 Å². The van der Waals surface area contributed by atoms with Crippen LogP contribution in [0.1, 0.15) is 45.6 Å². The van der Waals surface area contributed by atoms with Gasteiger partial charge in [-0.2, -0.15) is 0 Å². The second-order valence-corrected chi connectivity index (χ2v) is 4.51. The molecule has 98 valence electrons. The molecule has 1 aromatic carbocycles. The van der Waals surface area contributed by atoms with E-state index in [1.54, 1.807) is 6.92 Å². The zero-order chi connectivity index (χ0) is 13.4. The van der Waals surface area contributed by atoms with Gasteiger partial charge in [0.1, 0.15) is 5.75 Å². The number of ether oxygens (including phenoxy) is 1. The average Bonchev–Trinajstić information content (AvgIpc) is 2.36. The Kier molecular flexibility index (Phi) is 6.20. The molecule has 0 aliphatic rings. The molecule has 0 spiro atoms. The van der Waals surface area contributed by atoms with Crippen molar-refractivity contribution >= 4 is 11.9 Å². The van der Waals surface area contributed by atoms with Gasteiger partial charge in [-0.25, -0.2) is 0 Å². The number of carbonyl (C=O) groups is 1. The van der Waals surface area contributed by atoms with Crippen molar-refractivity contribution in [1.82, 2.24) is 0 Å². The van der Waals surface area contributed by atoms with E-state index >= 15 is 0 Å². The molecule has 0 N–H and O–H groups in total. The fourth-order valence-electron chi connectivity index (χ4n) is 1.55. The first-order valence-electron chi connectivity index (χ1n) is 6.55. The van der Waals surface area contributed by atoms with Crippen molar-refractivity contribution in [2.75, 3.05) is 6.61 Å².